The summed E-state index contributed by atoms with van der Waals surface area (Å²) < 4.78 is 37.1. The fraction of sp³-hybridized carbons (Fsp3) is 0.414. The monoisotopic (exact) mass is 498 g/mol. The Kier molecular flexibility index (Phi) is 8.12. The van der Waals surface area contributed by atoms with E-state index in [9.17, 15) is 23.2 Å². The van der Waals surface area contributed by atoms with Gasteiger partial charge in [0.15, 0.2) is 0 Å². The third kappa shape index (κ3) is 4.84. The number of halogens is 2. The molecule has 2 aromatic rings. The number of hydrogen-bond donors (Lipinski definition) is 0. The Morgan fingerprint density at radius 1 is 0.806 bits per heavy atom. The Morgan fingerprint density at radius 2 is 1.36 bits per heavy atom. The molecule has 0 heterocycles. The predicted octanol–water partition coefficient (Wildman–Crippen LogP) is 5.58. The number of hydrogen-bond acceptors (Lipinski definition) is 5. The summed E-state index contributed by atoms with van der Waals surface area (Å²) >= 11 is 0. The first-order chi connectivity index (χ1) is 17.0. The van der Waals surface area contributed by atoms with Crippen LogP contribution < -0.4 is 0 Å². The van der Waals surface area contributed by atoms with E-state index in [1.807, 2.05) is 19.1 Å². The van der Waals surface area contributed by atoms with Crippen molar-refractivity contribution in [1.82, 2.24) is 0 Å². The van der Waals surface area contributed by atoms with Crippen molar-refractivity contribution in [2.75, 3.05) is 14.2 Å². The van der Waals surface area contributed by atoms with E-state index in [1.165, 1.54) is 26.4 Å². The zero-order chi connectivity index (χ0) is 26.7. The summed E-state index contributed by atoms with van der Waals surface area (Å²) in [6.07, 6.45) is 4.24. The average Bonchev–Trinajstić information content (AvgIpc) is 3.46. The number of methoxy groups -OCH3 is 2. The van der Waals surface area contributed by atoms with E-state index in [-0.39, 0.29) is 29.8 Å². The number of benzene rings is 2. The second-order valence-corrected chi connectivity index (χ2v) is 9.57. The molecule has 5 nitrogen and oxygen atoms in total. The van der Waals surface area contributed by atoms with Crippen LogP contribution in [0.25, 0.3) is 0 Å². The Bertz CT molecular complexity index is 1220. The van der Waals surface area contributed by atoms with Gasteiger partial charge in [-0.25, -0.2) is 8.78 Å². The van der Waals surface area contributed by atoms with Crippen LogP contribution in [0.2, 0.25) is 0 Å². The highest BCUT2D eigenvalue weighted by Gasteiger charge is 2.48. The smallest absolute Gasteiger partial charge is 0.320 e. The Labute approximate surface area is 210 Å². The predicted molar refractivity (Wildman–Crippen MR) is 132 cm³/mol. The minimum Gasteiger partial charge on any atom is -0.468 e. The summed E-state index contributed by atoms with van der Waals surface area (Å²) in [4.78, 5) is 35.8. The van der Waals surface area contributed by atoms with Crippen molar-refractivity contribution >= 4 is 17.7 Å². The van der Waals surface area contributed by atoms with Gasteiger partial charge in [-0.1, -0.05) is 35.9 Å². The number of esters is 2. The Balaban J connectivity index is 0.000000201. The van der Waals surface area contributed by atoms with Gasteiger partial charge < -0.3 is 9.47 Å². The van der Waals surface area contributed by atoms with Crippen LogP contribution in [0.3, 0.4) is 0 Å². The Hall–Kier alpha value is -3.35. The number of ether oxygens (including phenoxy) is 2. The molecular formula is C29H32F2O5. The van der Waals surface area contributed by atoms with Crippen LogP contribution in [-0.2, 0) is 34.7 Å². The topological polar surface area (TPSA) is 69.7 Å². The van der Waals surface area contributed by atoms with Gasteiger partial charge in [-0.15, -0.1) is 0 Å². The largest absolute Gasteiger partial charge is 0.468 e. The number of carbonyl (C=O) groups is 3. The fourth-order valence-electron chi connectivity index (χ4n) is 5.42. The third-order valence-electron chi connectivity index (χ3n) is 7.39. The van der Waals surface area contributed by atoms with E-state index in [0.717, 1.165) is 12.0 Å². The maximum atomic E-state index is 13.7. The SMILES string of the molecule is COC(=O)C1(c2cccc(F)c2C)C=C(C)CC1.COC(=O)C1(c2cccc(F)c2C)CCC(=O)C1. The van der Waals surface area contributed by atoms with Crippen LogP contribution in [0.4, 0.5) is 8.78 Å². The highest BCUT2D eigenvalue weighted by atomic mass is 19.1. The minimum absolute atomic E-state index is 0.0176. The lowest BCUT2D eigenvalue weighted by atomic mass is 9.76. The van der Waals surface area contributed by atoms with Crippen molar-refractivity contribution in [1.29, 1.82) is 0 Å². The van der Waals surface area contributed by atoms with Gasteiger partial charge in [0.25, 0.3) is 0 Å². The molecule has 1 fully saturated rings. The second-order valence-electron chi connectivity index (χ2n) is 9.57. The van der Waals surface area contributed by atoms with Gasteiger partial charge in [0, 0.05) is 12.8 Å². The molecule has 0 aromatic heterocycles. The van der Waals surface area contributed by atoms with Gasteiger partial charge in [0.2, 0.25) is 0 Å². The van der Waals surface area contributed by atoms with Gasteiger partial charge in [0.05, 0.1) is 14.2 Å². The number of allylic oxidation sites excluding steroid dienone is 1. The van der Waals surface area contributed by atoms with Gasteiger partial charge in [0.1, 0.15) is 28.2 Å². The third-order valence-corrected chi connectivity index (χ3v) is 7.39. The normalized spacial score (nSPS) is 23.0. The molecule has 0 radical (unpaired) electrons. The summed E-state index contributed by atoms with van der Waals surface area (Å²) in [7, 11) is 2.67. The van der Waals surface area contributed by atoms with Crippen LogP contribution in [-0.4, -0.2) is 31.9 Å². The summed E-state index contributed by atoms with van der Waals surface area (Å²) in [6.45, 7) is 5.31. The van der Waals surface area contributed by atoms with Gasteiger partial charge in [-0.05, 0) is 74.4 Å². The van der Waals surface area contributed by atoms with Crippen molar-refractivity contribution < 1.29 is 32.6 Å². The van der Waals surface area contributed by atoms with E-state index in [1.54, 1.807) is 32.0 Å². The molecule has 0 saturated heterocycles. The lowest BCUT2D eigenvalue weighted by Crippen LogP contribution is -2.35. The van der Waals surface area contributed by atoms with E-state index in [2.05, 4.69) is 0 Å². The van der Waals surface area contributed by atoms with E-state index in [4.69, 9.17) is 9.47 Å². The van der Waals surface area contributed by atoms with Crippen LogP contribution in [0.5, 0.6) is 0 Å². The average molecular weight is 499 g/mol. The molecule has 2 atom stereocenters. The lowest BCUT2D eigenvalue weighted by Gasteiger charge is -2.27. The first-order valence-electron chi connectivity index (χ1n) is 11.9. The zero-order valence-corrected chi connectivity index (χ0v) is 21.4. The quantitative estimate of drug-likeness (QED) is 0.406. The molecule has 4 rings (SSSR count). The van der Waals surface area contributed by atoms with Crippen molar-refractivity contribution in [3.63, 3.8) is 0 Å². The van der Waals surface area contributed by atoms with Crippen molar-refractivity contribution in [3.05, 3.63) is 81.9 Å². The highest BCUT2D eigenvalue weighted by Crippen LogP contribution is 2.43. The molecule has 7 heteroatoms. The Morgan fingerprint density at radius 3 is 1.83 bits per heavy atom. The minimum atomic E-state index is -1.00. The second kappa shape index (κ2) is 10.7. The maximum Gasteiger partial charge on any atom is 0.320 e. The first-order valence-corrected chi connectivity index (χ1v) is 11.9. The summed E-state index contributed by atoms with van der Waals surface area (Å²) in [5.74, 6) is -1.40. The van der Waals surface area contributed by atoms with E-state index < -0.39 is 16.8 Å². The van der Waals surface area contributed by atoms with Crippen molar-refractivity contribution in [2.45, 2.75) is 63.7 Å². The van der Waals surface area contributed by atoms with E-state index >= 15 is 0 Å². The molecule has 2 aromatic carbocycles. The van der Waals surface area contributed by atoms with E-state index in [0.29, 0.717) is 41.5 Å². The van der Waals surface area contributed by atoms with Gasteiger partial charge in [-0.3, -0.25) is 14.4 Å². The first kappa shape index (κ1) is 27.2. The summed E-state index contributed by atoms with van der Waals surface area (Å²) in [6, 6.07) is 9.48. The molecule has 2 aliphatic carbocycles. The zero-order valence-electron chi connectivity index (χ0n) is 21.4. The van der Waals surface area contributed by atoms with Crippen LogP contribution in [0, 0.1) is 25.5 Å². The highest BCUT2D eigenvalue weighted by molar-refractivity contribution is 5.95. The lowest BCUT2D eigenvalue weighted by molar-refractivity contribution is -0.148. The molecular weight excluding hydrogens is 466 g/mol. The summed E-state index contributed by atoms with van der Waals surface area (Å²) in [5, 5.41) is 0. The van der Waals surface area contributed by atoms with Crippen LogP contribution >= 0.6 is 0 Å². The van der Waals surface area contributed by atoms with Crippen molar-refractivity contribution in [3.8, 4) is 0 Å². The molecule has 192 valence electrons. The molecule has 36 heavy (non-hydrogen) atoms. The molecule has 0 N–H and O–H groups in total. The number of carbonyl (C=O) groups excluding carboxylic acids is 3. The molecule has 2 aliphatic rings. The molecule has 0 amide bonds. The van der Waals surface area contributed by atoms with Crippen LogP contribution in [0.15, 0.2) is 48.0 Å². The summed E-state index contributed by atoms with van der Waals surface area (Å²) in [5.41, 5.74) is 1.55. The molecule has 0 bridgehead atoms. The molecule has 0 aliphatic heterocycles. The number of rotatable bonds is 4. The fourth-order valence-corrected chi connectivity index (χ4v) is 5.42. The van der Waals surface area contributed by atoms with Crippen molar-refractivity contribution in [2.24, 2.45) is 0 Å². The maximum absolute atomic E-state index is 13.7. The number of Topliss-reactive ketones (excluding diaryl/α,β-unsaturated/α-hetero) is 1. The molecule has 0 spiro atoms. The molecule has 1 saturated carbocycles. The molecule has 2 unspecified atom stereocenters. The van der Waals surface area contributed by atoms with Gasteiger partial charge in [-0.2, -0.15) is 0 Å². The standard InChI is InChI=1S/C15H17FO2.C14H15FO3/c1-10-7-8-15(9-10,14(17)18-3)12-5-4-6-13(16)11(12)2;1-9-11(4-3-5-12(9)15)14(13(17)18-2)7-6-10(16)8-14/h4-6,9H,7-8H2,1-3H3;3-5H,6-8H2,1-2H3. The van der Waals surface area contributed by atoms with Gasteiger partial charge >= 0.3 is 11.9 Å². The van der Waals surface area contributed by atoms with Crippen LogP contribution in [0.1, 0.15) is 61.3 Å². The number of ketones is 1.